The fourth-order valence-corrected chi connectivity index (χ4v) is 5.09. The van der Waals surface area contributed by atoms with Gasteiger partial charge in [0.2, 0.25) is 0 Å². The number of hydrogen-bond acceptors (Lipinski definition) is 6. The van der Waals surface area contributed by atoms with Gasteiger partial charge in [-0.2, -0.15) is 0 Å². The first-order chi connectivity index (χ1) is 14.7. The molecule has 1 aromatic carbocycles. The molecule has 2 aromatic heterocycles. The number of benzene rings is 1. The lowest BCUT2D eigenvalue weighted by atomic mass is 10.0. The number of hydrogen-bond donors (Lipinski definition) is 0. The number of nitrogens with zero attached hydrogens (tertiary/aromatic N) is 5. The first-order valence-corrected chi connectivity index (χ1v) is 11.3. The molecule has 3 heterocycles. The summed E-state index contributed by atoms with van der Waals surface area (Å²) in [5.74, 6) is 0.781. The second-order valence-corrected chi connectivity index (χ2v) is 8.79. The van der Waals surface area contributed by atoms with Crippen molar-refractivity contribution in [1.82, 2.24) is 25.1 Å². The van der Waals surface area contributed by atoms with Crippen molar-refractivity contribution in [3.63, 3.8) is 0 Å². The Kier molecular flexibility index (Phi) is 5.37. The van der Waals surface area contributed by atoms with Crippen LogP contribution in [-0.4, -0.2) is 38.2 Å². The molecule has 3 aromatic rings. The average molecular weight is 408 g/mol. The van der Waals surface area contributed by atoms with Gasteiger partial charge in [-0.1, -0.05) is 37.3 Å². The molecule has 2 aliphatic rings. The predicted molar refractivity (Wildman–Crippen MR) is 114 cm³/mol. The third-order valence-corrected chi connectivity index (χ3v) is 6.69. The van der Waals surface area contributed by atoms with Gasteiger partial charge in [0.15, 0.2) is 11.3 Å². The molecule has 30 heavy (non-hydrogen) atoms. The van der Waals surface area contributed by atoms with Crippen LogP contribution >= 0.6 is 0 Å². The second-order valence-electron chi connectivity index (χ2n) is 8.79. The largest absolute Gasteiger partial charge is 0.464 e. The van der Waals surface area contributed by atoms with E-state index in [1.807, 2.05) is 29.8 Å². The van der Waals surface area contributed by atoms with Crippen LogP contribution in [0.2, 0.25) is 0 Å². The van der Waals surface area contributed by atoms with Gasteiger partial charge in [-0.15, -0.1) is 5.10 Å². The van der Waals surface area contributed by atoms with Gasteiger partial charge in [-0.05, 0) is 68.3 Å². The van der Waals surface area contributed by atoms with E-state index in [4.69, 9.17) is 4.42 Å². The summed E-state index contributed by atoms with van der Waals surface area (Å²) in [6.07, 6.45) is 10.9. The van der Waals surface area contributed by atoms with E-state index in [0.29, 0.717) is 22.6 Å². The lowest BCUT2D eigenvalue weighted by Gasteiger charge is -2.30. The van der Waals surface area contributed by atoms with Gasteiger partial charge in [-0.3, -0.25) is 9.69 Å². The zero-order chi connectivity index (χ0) is 20.5. The minimum absolute atomic E-state index is 0.0233. The zero-order valence-electron chi connectivity index (χ0n) is 17.6. The van der Waals surface area contributed by atoms with Gasteiger partial charge in [0, 0.05) is 0 Å². The third-order valence-electron chi connectivity index (χ3n) is 6.69. The third kappa shape index (κ3) is 3.55. The summed E-state index contributed by atoms with van der Waals surface area (Å²) in [6.45, 7) is 3.87. The summed E-state index contributed by atoms with van der Waals surface area (Å²) >= 11 is 0. The quantitative estimate of drug-likeness (QED) is 0.646. The lowest BCUT2D eigenvalue weighted by molar-refractivity contribution is 0.214. The van der Waals surface area contributed by atoms with Crippen LogP contribution < -0.4 is 5.43 Å². The number of aromatic nitrogens is 4. The van der Waals surface area contributed by atoms with Gasteiger partial charge < -0.3 is 4.42 Å². The van der Waals surface area contributed by atoms with E-state index in [1.165, 1.54) is 25.7 Å². The number of likely N-dealkylation sites (tertiary alicyclic amines) is 1. The summed E-state index contributed by atoms with van der Waals surface area (Å²) in [5.41, 5.74) is 2.34. The number of tetrazole rings is 1. The Labute approximate surface area is 176 Å². The number of aryl methyl sites for hydroxylation is 1. The van der Waals surface area contributed by atoms with E-state index in [0.717, 1.165) is 50.2 Å². The molecular formula is C23H29N5O2. The molecule has 1 aliphatic carbocycles. The Balaban J connectivity index is 1.66. The highest BCUT2D eigenvalue weighted by Gasteiger charge is 2.33. The van der Waals surface area contributed by atoms with E-state index < -0.39 is 0 Å². The zero-order valence-corrected chi connectivity index (χ0v) is 17.6. The number of rotatable bonds is 4. The van der Waals surface area contributed by atoms with Crippen molar-refractivity contribution in [1.29, 1.82) is 0 Å². The van der Waals surface area contributed by atoms with Crippen molar-refractivity contribution in [2.75, 3.05) is 13.1 Å². The molecule has 1 atom stereocenters. The van der Waals surface area contributed by atoms with Crippen LogP contribution in [0.15, 0.2) is 33.7 Å². The van der Waals surface area contributed by atoms with Crippen LogP contribution in [0.1, 0.15) is 80.4 Å². The van der Waals surface area contributed by atoms with Crippen molar-refractivity contribution < 1.29 is 4.42 Å². The van der Waals surface area contributed by atoms with E-state index in [-0.39, 0.29) is 11.5 Å². The van der Waals surface area contributed by atoms with Crippen LogP contribution in [0.3, 0.4) is 0 Å². The minimum Gasteiger partial charge on any atom is -0.464 e. The van der Waals surface area contributed by atoms with Gasteiger partial charge in [0.1, 0.15) is 17.9 Å². The first-order valence-electron chi connectivity index (χ1n) is 11.3. The number of fused-ring (bicyclic) bond motifs is 1. The van der Waals surface area contributed by atoms with Gasteiger partial charge in [0.25, 0.3) is 0 Å². The Bertz CT molecular complexity index is 1070. The Morgan fingerprint density at radius 3 is 2.60 bits per heavy atom. The van der Waals surface area contributed by atoms with Crippen LogP contribution in [0.25, 0.3) is 11.0 Å². The molecule has 2 fully saturated rings. The van der Waals surface area contributed by atoms with Crippen LogP contribution in [0, 0.1) is 6.92 Å². The molecule has 7 nitrogen and oxygen atoms in total. The van der Waals surface area contributed by atoms with E-state index in [1.54, 1.807) is 6.26 Å². The Morgan fingerprint density at radius 1 is 1.07 bits per heavy atom. The Morgan fingerprint density at radius 2 is 1.83 bits per heavy atom. The van der Waals surface area contributed by atoms with Crippen LogP contribution in [0.5, 0.6) is 0 Å². The van der Waals surface area contributed by atoms with E-state index in [9.17, 15) is 4.79 Å². The molecule has 1 aliphatic heterocycles. The van der Waals surface area contributed by atoms with Crippen LogP contribution in [-0.2, 0) is 0 Å². The molecule has 5 rings (SSSR count). The summed E-state index contributed by atoms with van der Waals surface area (Å²) in [6, 6.07) is 5.81. The molecule has 1 unspecified atom stereocenters. The molecule has 1 saturated carbocycles. The molecule has 0 bridgehead atoms. The summed E-state index contributed by atoms with van der Waals surface area (Å²) in [4.78, 5) is 16.0. The smallest absolute Gasteiger partial charge is 0.197 e. The maximum atomic E-state index is 13.6. The molecular weight excluding hydrogens is 378 g/mol. The van der Waals surface area contributed by atoms with Crippen molar-refractivity contribution >= 4 is 11.0 Å². The highest BCUT2D eigenvalue weighted by molar-refractivity contribution is 5.77. The topological polar surface area (TPSA) is 77.1 Å². The molecule has 158 valence electrons. The van der Waals surface area contributed by atoms with Gasteiger partial charge >= 0.3 is 0 Å². The van der Waals surface area contributed by atoms with Gasteiger partial charge in [-0.25, -0.2) is 4.68 Å². The van der Waals surface area contributed by atoms with E-state index >= 15 is 0 Å². The summed E-state index contributed by atoms with van der Waals surface area (Å²) < 4.78 is 7.93. The molecule has 1 saturated heterocycles. The normalized spacial score (nSPS) is 19.9. The molecule has 0 N–H and O–H groups in total. The Hall–Kier alpha value is -2.54. The monoisotopic (exact) mass is 407 g/mol. The SMILES string of the molecule is Cc1ccc2occ(C(c3nnnn3C3CCCC3)N3CCCCCC3)c(=O)c2c1. The standard InChI is InChI=1S/C23H29N5O2/c1-16-10-11-20-18(14-16)22(29)19(15-30-20)21(27-12-6-2-3-7-13-27)23-24-25-26-28(23)17-8-4-5-9-17/h10-11,14-15,17,21H,2-9,12-13H2,1H3. The first kappa shape index (κ1) is 19.4. The maximum Gasteiger partial charge on any atom is 0.197 e. The second kappa shape index (κ2) is 8.30. The van der Waals surface area contributed by atoms with Crippen molar-refractivity contribution in [3.8, 4) is 0 Å². The molecule has 0 radical (unpaired) electrons. The van der Waals surface area contributed by atoms with E-state index in [2.05, 4.69) is 20.4 Å². The fraction of sp³-hybridized carbons (Fsp3) is 0.565. The molecule has 7 heteroatoms. The predicted octanol–water partition coefficient (Wildman–Crippen LogP) is 4.17. The van der Waals surface area contributed by atoms with Crippen LogP contribution in [0.4, 0.5) is 0 Å². The highest BCUT2D eigenvalue weighted by Crippen LogP contribution is 2.34. The van der Waals surface area contributed by atoms with Crippen molar-refractivity contribution in [2.24, 2.45) is 0 Å². The average Bonchev–Trinajstić information content (AvgIpc) is 3.38. The summed E-state index contributed by atoms with van der Waals surface area (Å²) in [7, 11) is 0. The maximum absolute atomic E-state index is 13.6. The molecule has 0 amide bonds. The fourth-order valence-electron chi connectivity index (χ4n) is 5.09. The summed E-state index contributed by atoms with van der Waals surface area (Å²) in [5, 5.41) is 13.5. The highest BCUT2D eigenvalue weighted by atomic mass is 16.3. The molecule has 0 spiro atoms. The lowest BCUT2D eigenvalue weighted by Crippen LogP contribution is -2.36. The minimum atomic E-state index is -0.278. The van der Waals surface area contributed by atoms with Crippen molar-refractivity contribution in [2.45, 2.75) is 70.4 Å². The van der Waals surface area contributed by atoms with Crippen molar-refractivity contribution in [3.05, 3.63) is 51.6 Å². The van der Waals surface area contributed by atoms with Gasteiger partial charge in [0.05, 0.1) is 17.0 Å².